The van der Waals surface area contributed by atoms with Gasteiger partial charge in [-0.25, -0.2) is 15.0 Å². The number of ether oxygens (including phenoxy) is 1. The van der Waals surface area contributed by atoms with Gasteiger partial charge in [-0.15, -0.1) is 0 Å². The molecule has 9 nitrogen and oxygen atoms in total. The summed E-state index contributed by atoms with van der Waals surface area (Å²) in [4.78, 5) is 26.5. The van der Waals surface area contributed by atoms with Crippen molar-refractivity contribution in [1.82, 2.24) is 25.2 Å². The smallest absolute Gasteiger partial charge is 0.395 e. The first-order valence-corrected chi connectivity index (χ1v) is 11.1. The molecule has 0 aliphatic carbocycles. The van der Waals surface area contributed by atoms with Gasteiger partial charge in [0.05, 0.1) is 25.9 Å². The van der Waals surface area contributed by atoms with Gasteiger partial charge in [-0.1, -0.05) is 12.1 Å². The summed E-state index contributed by atoms with van der Waals surface area (Å²) in [6, 6.07) is 6.57. The lowest BCUT2D eigenvalue weighted by Gasteiger charge is -2.34. The van der Waals surface area contributed by atoms with Gasteiger partial charge in [0.15, 0.2) is 0 Å². The number of hydrogen-bond donors (Lipinski definition) is 3. The highest BCUT2D eigenvalue weighted by atomic mass is 19.4. The summed E-state index contributed by atoms with van der Waals surface area (Å²) in [5, 5.41) is 16.4. The number of benzene rings is 1. The maximum atomic E-state index is 13.2. The fourth-order valence-electron chi connectivity index (χ4n) is 4.01. The van der Waals surface area contributed by atoms with Crippen molar-refractivity contribution in [3.63, 3.8) is 0 Å². The lowest BCUT2D eigenvalue weighted by Crippen LogP contribution is -2.44. The molecule has 3 aromatic rings. The number of anilines is 1. The number of aromatic nitrogens is 3. The van der Waals surface area contributed by atoms with Crippen LogP contribution in [-0.2, 0) is 10.9 Å². The Hall–Kier alpha value is -3.35. The van der Waals surface area contributed by atoms with Gasteiger partial charge < -0.3 is 20.5 Å². The van der Waals surface area contributed by atoms with Gasteiger partial charge in [-0.3, -0.25) is 9.69 Å². The number of halogens is 3. The second-order valence-electron chi connectivity index (χ2n) is 7.92. The fourth-order valence-corrected chi connectivity index (χ4v) is 4.01. The van der Waals surface area contributed by atoms with E-state index in [4.69, 9.17) is 9.84 Å². The number of hydrogen-bond acceptors (Lipinski definition) is 8. The molecule has 3 N–H and O–H groups in total. The zero-order chi connectivity index (χ0) is 24.8. The average molecular weight is 490 g/mol. The molecule has 186 valence electrons. The second-order valence-corrected chi connectivity index (χ2v) is 7.92. The lowest BCUT2D eigenvalue weighted by molar-refractivity contribution is -0.145. The Morgan fingerprint density at radius 2 is 1.86 bits per heavy atom. The predicted molar refractivity (Wildman–Crippen MR) is 122 cm³/mol. The van der Waals surface area contributed by atoms with Gasteiger partial charge in [-0.2, -0.15) is 13.2 Å². The van der Waals surface area contributed by atoms with Gasteiger partial charge in [0.2, 0.25) is 5.82 Å². The third-order valence-electron chi connectivity index (χ3n) is 5.71. The first kappa shape index (κ1) is 24.8. The van der Waals surface area contributed by atoms with Crippen LogP contribution in [0.15, 0.2) is 42.9 Å². The van der Waals surface area contributed by atoms with Gasteiger partial charge in [0, 0.05) is 61.3 Å². The molecule has 1 atom stereocenters. The van der Waals surface area contributed by atoms with Gasteiger partial charge in [0.1, 0.15) is 5.82 Å². The summed E-state index contributed by atoms with van der Waals surface area (Å²) < 4.78 is 44.1. The van der Waals surface area contributed by atoms with Crippen molar-refractivity contribution in [3.8, 4) is 0 Å². The number of aliphatic hydroxyl groups excluding tert-OH is 1. The molecule has 4 rings (SSSR count). The molecule has 1 amide bonds. The van der Waals surface area contributed by atoms with Gasteiger partial charge in [-0.05, 0) is 17.5 Å². The number of rotatable bonds is 8. The van der Waals surface area contributed by atoms with E-state index in [1.54, 1.807) is 24.4 Å². The molecule has 1 fully saturated rings. The molecule has 1 aliphatic rings. The number of morpholine rings is 1. The standard InChI is InChI=1S/C23H25F3N6O3/c24-23(25,26)22-30-12-15(13-31-22)19(32-7-10-35-11-8-32)14-29-21(34)18-3-1-2-17-16(18)4-5-27-20(17)28-6-9-33/h1-5,12-13,19,33H,6-11,14H2,(H,27,28)(H,29,34). The Morgan fingerprint density at radius 3 is 2.54 bits per heavy atom. The van der Waals surface area contributed by atoms with E-state index in [2.05, 4.69) is 25.6 Å². The van der Waals surface area contributed by atoms with Crippen LogP contribution < -0.4 is 10.6 Å². The van der Waals surface area contributed by atoms with Crippen LogP contribution in [0.25, 0.3) is 10.8 Å². The van der Waals surface area contributed by atoms with Crippen molar-refractivity contribution in [3.05, 3.63) is 59.8 Å². The minimum absolute atomic E-state index is 0.0607. The minimum atomic E-state index is -4.63. The summed E-state index contributed by atoms with van der Waals surface area (Å²) in [7, 11) is 0. The number of carbonyl (C=O) groups excluding carboxylic acids is 1. The predicted octanol–water partition coefficient (Wildman–Crippen LogP) is 2.25. The van der Waals surface area contributed by atoms with E-state index in [9.17, 15) is 18.0 Å². The number of aliphatic hydroxyl groups is 1. The van der Waals surface area contributed by atoms with Crippen LogP contribution in [0.5, 0.6) is 0 Å². The molecular formula is C23H25F3N6O3. The number of alkyl halides is 3. The Balaban J connectivity index is 1.56. The molecule has 12 heteroatoms. The molecule has 3 heterocycles. The monoisotopic (exact) mass is 490 g/mol. The molecular weight excluding hydrogens is 465 g/mol. The Labute approximate surface area is 199 Å². The van der Waals surface area contributed by atoms with Crippen LogP contribution >= 0.6 is 0 Å². The summed E-state index contributed by atoms with van der Waals surface area (Å²) >= 11 is 0. The SMILES string of the molecule is O=C(NCC(c1cnc(C(F)(F)F)nc1)N1CCOCC1)c1cccc2c(NCCO)nccc12. The van der Waals surface area contributed by atoms with Crippen molar-refractivity contribution in [2.45, 2.75) is 12.2 Å². The zero-order valence-electron chi connectivity index (χ0n) is 18.8. The van der Waals surface area contributed by atoms with Crippen LogP contribution in [0.3, 0.4) is 0 Å². The van der Waals surface area contributed by atoms with Crippen molar-refractivity contribution in [2.24, 2.45) is 0 Å². The van der Waals surface area contributed by atoms with Gasteiger partial charge >= 0.3 is 6.18 Å². The Morgan fingerprint density at radius 1 is 1.11 bits per heavy atom. The van der Waals surface area contributed by atoms with Crippen molar-refractivity contribution in [2.75, 3.05) is 51.3 Å². The Kier molecular flexibility index (Phi) is 7.73. The fraction of sp³-hybridized carbons (Fsp3) is 0.391. The number of nitrogens with zero attached hydrogens (tertiary/aromatic N) is 4. The largest absolute Gasteiger partial charge is 0.451 e. The lowest BCUT2D eigenvalue weighted by atomic mass is 10.0. The number of nitrogens with one attached hydrogen (secondary N) is 2. The van der Waals surface area contributed by atoms with Crippen LogP contribution in [0.4, 0.5) is 19.0 Å². The number of pyridine rings is 1. The molecule has 0 radical (unpaired) electrons. The minimum Gasteiger partial charge on any atom is -0.395 e. The maximum absolute atomic E-state index is 13.2. The van der Waals surface area contributed by atoms with Crippen molar-refractivity contribution < 1.29 is 27.8 Å². The van der Waals surface area contributed by atoms with Crippen molar-refractivity contribution >= 4 is 22.5 Å². The molecule has 0 saturated carbocycles. The van der Waals surface area contributed by atoms with E-state index < -0.39 is 18.0 Å². The molecule has 0 spiro atoms. The molecule has 1 unspecified atom stereocenters. The molecule has 35 heavy (non-hydrogen) atoms. The van der Waals surface area contributed by atoms with E-state index >= 15 is 0 Å². The van der Waals surface area contributed by atoms with Crippen molar-refractivity contribution in [1.29, 1.82) is 0 Å². The topological polar surface area (TPSA) is 113 Å². The summed E-state index contributed by atoms with van der Waals surface area (Å²) in [6.45, 7) is 2.47. The molecule has 0 bridgehead atoms. The molecule has 1 aliphatic heterocycles. The third-order valence-corrected chi connectivity index (χ3v) is 5.71. The molecule has 1 aromatic carbocycles. The van der Waals surface area contributed by atoms with E-state index in [0.717, 1.165) is 17.8 Å². The first-order valence-electron chi connectivity index (χ1n) is 11.1. The first-order chi connectivity index (χ1) is 16.9. The normalized spacial score (nSPS) is 15.7. The summed E-state index contributed by atoms with van der Waals surface area (Å²) in [5.74, 6) is -0.985. The maximum Gasteiger partial charge on any atom is 0.451 e. The summed E-state index contributed by atoms with van der Waals surface area (Å²) in [5.41, 5.74) is 0.902. The highest BCUT2D eigenvalue weighted by molar-refractivity contribution is 6.09. The van der Waals surface area contributed by atoms with E-state index in [0.29, 0.717) is 55.2 Å². The zero-order valence-corrected chi connectivity index (χ0v) is 18.8. The van der Waals surface area contributed by atoms with Crippen LogP contribution in [-0.4, -0.2) is 76.9 Å². The quantitative estimate of drug-likeness (QED) is 0.441. The van der Waals surface area contributed by atoms with Gasteiger partial charge in [0.25, 0.3) is 5.91 Å². The number of fused-ring (bicyclic) bond motifs is 1. The molecule has 1 saturated heterocycles. The highest BCUT2D eigenvalue weighted by Crippen LogP contribution is 2.28. The van der Waals surface area contributed by atoms with E-state index in [1.807, 2.05) is 11.0 Å². The van der Waals surface area contributed by atoms with E-state index in [1.165, 1.54) is 0 Å². The number of carbonyl (C=O) groups is 1. The third kappa shape index (κ3) is 5.84. The highest BCUT2D eigenvalue weighted by Gasteiger charge is 2.35. The Bertz CT molecular complexity index is 1150. The van der Waals surface area contributed by atoms with Crippen LogP contribution in [0, 0.1) is 0 Å². The van der Waals surface area contributed by atoms with E-state index in [-0.39, 0.29) is 19.1 Å². The van der Waals surface area contributed by atoms with Crippen LogP contribution in [0.2, 0.25) is 0 Å². The average Bonchev–Trinajstić information content (AvgIpc) is 2.87. The molecule has 2 aromatic heterocycles. The van der Waals surface area contributed by atoms with Crippen LogP contribution in [0.1, 0.15) is 27.8 Å². The summed E-state index contributed by atoms with van der Waals surface area (Å²) in [6.07, 6.45) is -0.736. The second kappa shape index (κ2) is 10.9. The number of amides is 1.